The number of ether oxygens (including phenoxy) is 2. The monoisotopic (exact) mass is 556 g/mol. The summed E-state index contributed by atoms with van der Waals surface area (Å²) in [7, 11) is 0. The summed E-state index contributed by atoms with van der Waals surface area (Å²) in [5, 5.41) is 9.66. The summed E-state index contributed by atoms with van der Waals surface area (Å²) in [4.78, 5) is 36.3. The summed E-state index contributed by atoms with van der Waals surface area (Å²) >= 11 is 11.8. The molecule has 3 amide bonds. The van der Waals surface area contributed by atoms with Gasteiger partial charge in [-0.2, -0.15) is 5.10 Å². The van der Waals surface area contributed by atoms with Gasteiger partial charge in [0, 0.05) is 11.4 Å². The van der Waals surface area contributed by atoms with Gasteiger partial charge in [-0.3, -0.25) is 14.4 Å². The molecule has 0 aromatic heterocycles. The highest BCUT2D eigenvalue weighted by atomic mass is 35.5. The Morgan fingerprint density at radius 1 is 0.842 bits per heavy atom. The molecule has 11 heteroatoms. The molecule has 0 atom stereocenters. The molecule has 198 valence electrons. The highest BCUT2D eigenvalue weighted by molar-refractivity contribution is 6.42. The average molecular weight is 557 g/mol. The molecule has 0 saturated heterocycles. The Labute approximate surface area is 230 Å². The maximum absolute atomic E-state index is 12.1. The van der Waals surface area contributed by atoms with Gasteiger partial charge >= 0.3 is 11.8 Å². The van der Waals surface area contributed by atoms with Gasteiger partial charge in [0.25, 0.3) is 5.91 Å². The van der Waals surface area contributed by atoms with E-state index >= 15 is 0 Å². The highest BCUT2D eigenvalue weighted by Crippen LogP contribution is 2.25. The molecule has 0 radical (unpaired) electrons. The third-order valence-electron chi connectivity index (χ3n) is 4.90. The molecule has 0 aliphatic carbocycles. The molecule has 0 spiro atoms. The van der Waals surface area contributed by atoms with Crippen molar-refractivity contribution in [3.63, 3.8) is 0 Å². The average Bonchev–Trinajstić information content (AvgIpc) is 2.91. The molecule has 3 rings (SSSR count). The molecule has 0 unspecified atom stereocenters. The second-order valence-electron chi connectivity index (χ2n) is 7.92. The SMILES string of the molecule is CCCCOc1ccc(NC(=O)C(=O)N/N=C\c2cccc(OCC(=O)Nc3ccc(Cl)c(Cl)c3)c2)cc1. The molecule has 3 aromatic carbocycles. The van der Waals surface area contributed by atoms with Crippen LogP contribution in [0.2, 0.25) is 10.0 Å². The number of anilines is 2. The van der Waals surface area contributed by atoms with E-state index in [4.69, 9.17) is 32.7 Å². The van der Waals surface area contributed by atoms with E-state index in [0.717, 1.165) is 12.8 Å². The Balaban J connectivity index is 1.44. The van der Waals surface area contributed by atoms with Crippen LogP contribution in [0.25, 0.3) is 0 Å². The van der Waals surface area contributed by atoms with Crippen molar-refractivity contribution in [3.05, 3.63) is 82.3 Å². The van der Waals surface area contributed by atoms with Gasteiger partial charge in [0.2, 0.25) is 0 Å². The van der Waals surface area contributed by atoms with Crippen molar-refractivity contribution in [1.29, 1.82) is 0 Å². The standard InChI is InChI=1S/C27H26Cl2N4O5/c1-2-3-13-37-21-10-7-19(8-11-21)32-26(35)27(36)33-30-16-18-5-4-6-22(14-18)38-17-25(34)31-20-9-12-23(28)24(29)15-20/h4-12,14-16H,2-3,13,17H2,1H3,(H,31,34)(H,32,35)(H,33,36)/b30-16-. The second kappa shape index (κ2) is 14.6. The summed E-state index contributed by atoms with van der Waals surface area (Å²) < 4.78 is 11.1. The molecule has 3 N–H and O–H groups in total. The fraction of sp³-hybridized carbons (Fsp3) is 0.185. The molecule has 0 aliphatic rings. The van der Waals surface area contributed by atoms with Crippen molar-refractivity contribution in [2.45, 2.75) is 19.8 Å². The number of rotatable bonds is 11. The van der Waals surface area contributed by atoms with Crippen LogP contribution in [0.1, 0.15) is 25.3 Å². The molecule has 0 saturated carbocycles. The molecular formula is C27H26Cl2N4O5. The molecule has 0 bridgehead atoms. The normalized spacial score (nSPS) is 10.6. The fourth-order valence-corrected chi connectivity index (χ4v) is 3.28. The molecule has 38 heavy (non-hydrogen) atoms. The number of hydrogen-bond acceptors (Lipinski definition) is 6. The smallest absolute Gasteiger partial charge is 0.329 e. The Kier molecular flexibility index (Phi) is 11.0. The molecule has 0 fully saturated rings. The third-order valence-corrected chi connectivity index (χ3v) is 5.64. The van der Waals surface area contributed by atoms with E-state index < -0.39 is 11.8 Å². The molecular weight excluding hydrogens is 531 g/mol. The summed E-state index contributed by atoms with van der Waals surface area (Å²) in [5.41, 5.74) is 3.68. The van der Waals surface area contributed by atoms with Crippen molar-refractivity contribution in [2.75, 3.05) is 23.8 Å². The van der Waals surface area contributed by atoms with Crippen LogP contribution in [-0.2, 0) is 14.4 Å². The highest BCUT2D eigenvalue weighted by Gasteiger charge is 2.13. The van der Waals surface area contributed by atoms with Gasteiger partial charge in [-0.25, -0.2) is 5.43 Å². The predicted molar refractivity (Wildman–Crippen MR) is 148 cm³/mol. The molecule has 9 nitrogen and oxygen atoms in total. The zero-order chi connectivity index (χ0) is 27.3. The Morgan fingerprint density at radius 2 is 1.61 bits per heavy atom. The number of hydrogen-bond donors (Lipinski definition) is 3. The number of carbonyl (C=O) groups is 3. The quantitative estimate of drug-likeness (QED) is 0.128. The van der Waals surface area contributed by atoms with Crippen LogP contribution >= 0.6 is 23.2 Å². The maximum atomic E-state index is 12.1. The van der Waals surface area contributed by atoms with Gasteiger partial charge in [-0.15, -0.1) is 0 Å². The first kappa shape index (κ1) is 28.5. The van der Waals surface area contributed by atoms with Crippen LogP contribution in [0.4, 0.5) is 11.4 Å². The number of benzene rings is 3. The van der Waals surface area contributed by atoms with Crippen LogP contribution in [0.5, 0.6) is 11.5 Å². The number of unbranched alkanes of at least 4 members (excludes halogenated alkanes) is 1. The van der Waals surface area contributed by atoms with Gasteiger partial charge in [0.05, 0.1) is 22.9 Å². The molecule has 3 aromatic rings. The third kappa shape index (κ3) is 9.42. The van der Waals surface area contributed by atoms with Crippen molar-refractivity contribution < 1.29 is 23.9 Å². The molecule has 0 heterocycles. The Bertz CT molecular complexity index is 1300. The van der Waals surface area contributed by atoms with Gasteiger partial charge in [-0.05, 0) is 66.6 Å². The fourth-order valence-electron chi connectivity index (χ4n) is 2.98. The van der Waals surface area contributed by atoms with Crippen LogP contribution < -0.4 is 25.5 Å². The van der Waals surface area contributed by atoms with Gasteiger partial charge in [0.15, 0.2) is 6.61 Å². The van der Waals surface area contributed by atoms with E-state index in [9.17, 15) is 14.4 Å². The maximum Gasteiger partial charge on any atom is 0.329 e. The predicted octanol–water partition coefficient (Wildman–Crippen LogP) is 5.28. The summed E-state index contributed by atoms with van der Waals surface area (Å²) in [6.07, 6.45) is 3.33. The van der Waals surface area contributed by atoms with Crippen LogP contribution in [0.15, 0.2) is 71.8 Å². The number of hydrazone groups is 1. The lowest BCUT2D eigenvalue weighted by atomic mass is 10.2. The van der Waals surface area contributed by atoms with Crippen molar-refractivity contribution in [2.24, 2.45) is 5.10 Å². The number of carbonyl (C=O) groups excluding carboxylic acids is 3. The minimum Gasteiger partial charge on any atom is -0.494 e. The number of nitrogens with zero attached hydrogens (tertiary/aromatic N) is 1. The summed E-state index contributed by atoms with van der Waals surface area (Å²) in [6, 6.07) is 18.1. The van der Waals surface area contributed by atoms with Gasteiger partial charge in [-0.1, -0.05) is 48.7 Å². The van der Waals surface area contributed by atoms with Crippen LogP contribution in [0, 0.1) is 0 Å². The lowest BCUT2D eigenvalue weighted by molar-refractivity contribution is -0.136. The topological polar surface area (TPSA) is 118 Å². The zero-order valence-corrected chi connectivity index (χ0v) is 22.0. The van der Waals surface area contributed by atoms with Crippen molar-refractivity contribution in [3.8, 4) is 11.5 Å². The largest absolute Gasteiger partial charge is 0.494 e. The Morgan fingerprint density at radius 3 is 2.34 bits per heavy atom. The van der Waals surface area contributed by atoms with Gasteiger partial charge in [0.1, 0.15) is 11.5 Å². The zero-order valence-electron chi connectivity index (χ0n) is 20.5. The number of halogens is 2. The van der Waals surface area contributed by atoms with Crippen LogP contribution in [-0.4, -0.2) is 37.1 Å². The van der Waals surface area contributed by atoms with E-state index in [0.29, 0.717) is 45.1 Å². The Hall–Kier alpha value is -4.08. The summed E-state index contributed by atoms with van der Waals surface area (Å²) in [5.74, 6) is -1.10. The lowest BCUT2D eigenvalue weighted by Gasteiger charge is -2.09. The lowest BCUT2D eigenvalue weighted by Crippen LogP contribution is -2.32. The van der Waals surface area contributed by atoms with Crippen LogP contribution in [0.3, 0.4) is 0 Å². The van der Waals surface area contributed by atoms with E-state index in [-0.39, 0.29) is 12.5 Å². The van der Waals surface area contributed by atoms with Crippen molar-refractivity contribution >= 4 is 58.5 Å². The van der Waals surface area contributed by atoms with E-state index in [1.54, 1.807) is 60.7 Å². The number of nitrogens with one attached hydrogen (secondary N) is 3. The van der Waals surface area contributed by atoms with E-state index in [2.05, 4.69) is 28.1 Å². The van der Waals surface area contributed by atoms with E-state index in [1.807, 2.05) is 0 Å². The minimum absolute atomic E-state index is 0.246. The first-order chi connectivity index (χ1) is 18.3. The minimum atomic E-state index is -0.934. The second-order valence-corrected chi connectivity index (χ2v) is 8.73. The summed E-state index contributed by atoms with van der Waals surface area (Å²) in [6.45, 7) is 2.45. The van der Waals surface area contributed by atoms with Gasteiger partial charge < -0.3 is 20.1 Å². The van der Waals surface area contributed by atoms with E-state index in [1.165, 1.54) is 12.3 Å². The number of amides is 3. The first-order valence-corrected chi connectivity index (χ1v) is 12.4. The first-order valence-electron chi connectivity index (χ1n) is 11.7. The van der Waals surface area contributed by atoms with Crippen molar-refractivity contribution in [1.82, 2.24) is 5.43 Å². The molecule has 0 aliphatic heterocycles.